The summed E-state index contributed by atoms with van der Waals surface area (Å²) in [5, 5.41) is 14.6. The van der Waals surface area contributed by atoms with Crippen LogP contribution in [0.25, 0.3) is 0 Å². The Morgan fingerprint density at radius 3 is 2.28 bits per heavy atom. The molecule has 18 nitrogen and oxygen atoms in total. The highest BCUT2D eigenvalue weighted by Crippen LogP contribution is 2.50. The Labute approximate surface area is 396 Å². The second-order valence-electron chi connectivity index (χ2n) is 16.6. The van der Waals surface area contributed by atoms with Crippen molar-refractivity contribution in [2.24, 2.45) is 11.8 Å². The summed E-state index contributed by atoms with van der Waals surface area (Å²) in [4.78, 5) is 39.0. The van der Waals surface area contributed by atoms with Crippen molar-refractivity contribution < 1.29 is 74.7 Å². The molecule has 4 aromatic rings. The van der Waals surface area contributed by atoms with Crippen molar-refractivity contribution in [3.63, 3.8) is 0 Å². The van der Waals surface area contributed by atoms with E-state index in [-0.39, 0.29) is 73.1 Å². The summed E-state index contributed by atoms with van der Waals surface area (Å²) in [6, 6.07) is 26.2. The topological polar surface area (TPSA) is 221 Å². The number of rotatable bonds is 24. The molecule has 4 aromatic carbocycles. The number of ether oxygens (including phenoxy) is 7. The predicted molar refractivity (Wildman–Crippen MR) is 247 cm³/mol. The maximum atomic E-state index is 14.3. The first-order valence-corrected chi connectivity index (χ1v) is 25.4. The van der Waals surface area contributed by atoms with Gasteiger partial charge in [-0.3, -0.25) is 4.52 Å². The van der Waals surface area contributed by atoms with Crippen molar-refractivity contribution in [2.75, 3.05) is 46.4 Å². The fraction of sp³-hybridized carbons (Fsp3) is 0.438. The Balaban J connectivity index is 1.17. The molecule has 0 radical (unpaired) electrons. The molecule has 0 aromatic heterocycles. The number of hydrogen-bond acceptors (Lipinski definition) is 16. The van der Waals surface area contributed by atoms with Gasteiger partial charge < -0.3 is 48.1 Å². The van der Waals surface area contributed by atoms with Crippen LogP contribution in [0, 0.1) is 11.8 Å². The maximum absolute atomic E-state index is 14.3. The number of methoxy groups -OCH3 is 1. The molecule has 68 heavy (non-hydrogen) atoms. The summed E-state index contributed by atoms with van der Waals surface area (Å²) in [5.41, 5.74) is 1.49. The monoisotopic (exact) mass is 982 g/mol. The zero-order valence-electron chi connectivity index (χ0n) is 38.6. The van der Waals surface area contributed by atoms with Crippen molar-refractivity contribution >= 4 is 35.7 Å². The van der Waals surface area contributed by atoms with Crippen LogP contribution in [-0.4, -0.2) is 113 Å². The molecule has 2 saturated heterocycles. The number of nitrogens with zero attached hydrogens (tertiary/aromatic N) is 1. The molecule has 6 rings (SSSR count). The smallest absolute Gasteiger partial charge is 0.417 e. The van der Waals surface area contributed by atoms with Crippen molar-refractivity contribution in [2.45, 2.75) is 82.7 Å². The van der Waals surface area contributed by atoms with Crippen LogP contribution in [0.1, 0.15) is 55.6 Å². The van der Waals surface area contributed by atoms with E-state index < -0.39 is 72.6 Å². The molecular weight excluding hydrogens is 924 g/mol. The Hall–Kier alpha value is -5.53. The van der Waals surface area contributed by atoms with Crippen LogP contribution < -0.4 is 19.3 Å². The van der Waals surface area contributed by atoms with Crippen LogP contribution in [0.2, 0.25) is 0 Å². The van der Waals surface area contributed by atoms with Gasteiger partial charge in [0, 0.05) is 13.1 Å². The summed E-state index contributed by atoms with van der Waals surface area (Å²) < 4.78 is 93.6. The van der Waals surface area contributed by atoms with Gasteiger partial charge in [0.2, 0.25) is 16.4 Å². The molecule has 0 saturated carbocycles. The van der Waals surface area contributed by atoms with Crippen LogP contribution in [0.15, 0.2) is 108 Å². The first-order chi connectivity index (χ1) is 32.5. The summed E-state index contributed by atoms with van der Waals surface area (Å²) in [7, 11) is -6.99. The van der Waals surface area contributed by atoms with E-state index >= 15 is 0 Å². The lowest BCUT2D eigenvalue weighted by Gasteiger charge is -2.31. The average molecular weight is 983 g/mol. The van der Waals surface area contributed by atoms with Gasteiger partial charge in [0.15, 0.2) is 12.4 Å². The average Bonchev–Trinajstić information content (AvgIpc) is 3.95. The van der Waals surface area contributed by atoms with E-state index in [9.17, 15) is 32.5 Å². The van der Waals surface area contributed by atoms with Crippen LogP contribution in [0.5, 0.6) is 17.2 Å². The number of sulfonamides is 1. The minimum Gasteiger partial charge on any atom is -0.497 e. The highest BCUT2D eigenvalue weighted by molar-refractivity contribution is 7.89. The molecule has 1 amide bonds. The quantitative estimate of drug-likeness (QED) is 0.0422. The SMILES string of the molecule is CCOC(=O)[C@H](C)OP(=O)(COc1ccc(C[C@H](NC(=O)O[C@H]2CO[C@H]3OCC[C@H]32)[C@H](O)CN(CC(C)C)S(=O)(=O)c2ccc(OC)cc2)cc1)Oc1cccc(C(=O)OCc2ccccc2)c1. The highest BCUT2D eigenvalue weighted by Gasteiger charge is 2.44. The number of nitrogens with one attached hydrogen (secondary N) is 1. The second-order valence-corrected chi connectivity index (χ2v) is 20.4. The molecule has 2 fully saturated rings. The first-order valence-electron chi connectivity index (χ1n) is 22.2. The van der Waals surface area contributed by atoms with E-state index in [1.54, 1.807) is 31.2 Å². The highest BCUT2D eigenvalue weighted by atomic mass is 32.2. The number of aliphatic hydroxyl groups is 1. The van der Waals surface area contributed by atoms with Gasteiger partial charge in [-0.1, -0.05) is 62.4 Å². The van der Waals surface area contributed by atoms with Crippen molar-refractivity contribution in [1.82, 2.24) is 9.62 Å². The fourth-order valence-corrected chi connectivity index (χ4v) is 10.6. The standard InChI is InChI=1S/C48H59N2O16PS/c1-6-59-45(52)33(4)65-67(55,66-39-14-10-13-36(26-39)46(53)61-29-35-11-8-7-9-12-35)31-63-38-17-15-34(16-18-38)25-42(49-48(54)64-44-30-62-47-41(44)23-24-60-47)43(51)28-50(27-32(2)3)68(56,57)40-21-19-37(58-5)20-22-40/h7-22,26,32-33,41-44,47,51H,6,23-25,27-31H2,1-5H3,(H,49,54)/t33-,41-,42-,43+,44-,47+,67?/m0/s1. The summed E-state index contributed by atoms with van der Waals surface area (Å²) >= 11 is 0. The van der Waals surface area contributed by atoms with Crippen LogP contribution in [-0.2, 0) is 60.6 Å². The molecule has 20 heteroatoms. The van der Waals surface area contributed by atoms with E-state index in [0.717, 1.165) is 5.56 Å². The molecule has 0 aliphatic carbocycles. The first kappa shape index (κ1) is 51.9. The van der Waals surface area contributed by atoms with Gasteiger partial charge in [-0.15, -0.1) is 0 Å². The third kappa shape index (κ3) is 14.5. The Morgan fingerprint density at radius 1 is 0.868 bits per heavy atom. The van der Waals surface area contributed by atoms with Crippen molar-refractivity contribution in [1.29, 1.82) is 0 Å². The molecule has 2 aliphatic heterocycles. The van der Waals surface area contributed by atoms with E-state index in [1.165, 1.54) is 66.9 Å². The van der Waals surface area contributed by atoms with Gasteiger partial charge in [0.1, 0.15) is 30.0 Å². The predicted octanol–water partition coefficient (Wildman–Crippen LogP) is 6.74. The number of aliphatic hydroxyl groups excluding tert-OH is 1. The lowest BCUT2D eigenvalue weighted by molar-refractivity contribution is -0.150. The lowest BCUT2D eigenvalue weighted by atomic mass is 10.0. The summed E-state index contributed by atoms with van der Waals surface area (Å²) in [6.07, 6.45) is -4.67. The Morgan fingerprint density at radius 2 is 1.59 bits per heavy atom. The summed E-state index contributed by atoms with van der Waals surface area (Å²) in [5.74, 6) is -1.05. The molecule has 0 bridgehead atoms. The molecule has 2 aliphatic rings. The summed E-state index contributed by atoms with van der Waals surface area (Å²) in [6.45, 7) is 7.05. The number of alkyl carbamates (subject to hydrolysis) is 1. The van der Waals surface area contributed by atoms with Gasteiger partial charge in [0.05, 0.1) is 55.5 Å². The van der Waals surface area contributed by atoms with Gasteiger partial charge >= 0.3 is 25.6 Å². The van der Waals surface area contributed by atoms with Gasteiger partial charge in [0.25, 0.3) is 0 Å². The van der Waals surface area contributed by atoms with E-state index in [2.05, 4.69) is 5.32 Å². The molecule has 2 heterocycles. The lowest BCUT2D eigenvalue weighted by Crippen LogP contribution is -2.51. The third-order valence-electron chi connectivity index (χ3n) is 10.9. The number of carbonyl (C=O) groups is 3. The number of benzene rings is 4. The van der Waals surface area contributed by atoms with E-state index in [0.29, 0.717) is 24.3 Å². The van der Waals surface area contributed by atoms with Gasteiger partial charge in [-0.2, -0.15) is 4.31 Å². The number of esters is 2. The number of amides is 1. The van der Waals surface area contributed by atoms with Crippen molar-refractivity contribution in [3.8, 4) is 17.2 Å². The minimum atomic E-state index is -4.35. The molecule has 2 N–H and O–H groups in total. The second kappa shape index (κ2) is 24.2. The maximum Gasteiger partial charge on any atom is 0.417 e. The van der Waals surface area contributed by atoms with Crippen LogP contribution >= 0.6 is 7.60 Å². The molecule has 7 atom stereocenters. The largest absolute Gasteiger partial charge is 0.497 e. The minimum absolute atomic E-state index is 0.00340. The van der Waals surface area contributed by atoms with Crippen LogP contribution in [0.4, 0.5) is 4.79 Å². The molecule has 0 spiro atoms. The van der Waals surface area contributed by atoms with Gasteiger partial charge in [-0.25, -0.2) is 27.4 Å². The molecule has 1 unspecified atom stereocenters. The normalized spacial score (nSPS) is 19.0. The molecular formula is C48H59N2O16PS. The Bertz CT molecular complexity index is 2440. The zero-order chi connectivity index (χ0) is 48.8. The molecule has 368 valence electrons. The third-order valence-corrected chi connectivity index (χ3v) is 14.3. The zero-order valence-corrected chi connectivity index (χ0v) is 40.3. The van der Waals surface area contributed by atoms with Gasteiger partial charge in [-0.05, 0) is 98.3 Å². The number of fused-ring (bicyclic) bond motifs is 1. The van der Waals surface area contributed by atoms with E-state index in [4.69, 9.17) is 42.2 Å². The van der Waals surface area contributed by atoms with E-state index in [1.807, 2.05) is 44.2 Å². The van der Waals surface area contributed by atoms with Crippen LogP contribution in [0.3, 0.4) is 0 Å². The number of hydrogen-bond donors (Lipinski definition) is 2. The number of carbonyl (C=O) groups excluding carboxylic acids is 3. The fourth-order valence-electron chi connectivity index (χ4n) is 7.46. The Kier molecular flexibility index (Phi) is 18.4. The van der Waals surface area contributed by atoms with Crippen molar-refractivity contribution in [3.05, 3.63) is 120 Å².